The summed E-state index contributed by atoms with van der Waals surface area (Å²) in [7, 11) is -19.5. The van der Waals surface area contributed by atoms with Crippen molar-refractivity contribution in [3.63, 3.8) is 0 Å². The van der Waals surface area contributed by atoms with E-state index in [0.717, 1.165) is 10.6 Å². The van der Waals surface area contributed by atoms with E-state index >= 15 is 0 Å². The summed E-state index contributed by atoms with van der Waals surface area (Å²) in [6.45, 7) is 0.0518. The third-order valence-electron chi connectivity index (χ3n) is 10.9. The average Bonchev–Trinajstić information content (AvgIpc) is 3.56. The quantitative estimate of drug-likeness (QED) is 0.00420. The van der Waals surface area contributed by atoms with Gasteiger partial charge in [-0.15, -0.1) is 0 Å². The molecule has 3 aliphatic rings. The van der Waals surface area contributed by atoms with Gasteiger partial charge in [0, 0.05) is 68.9 Å². The molecule has 0 saturated carbocycles. The summed E-state index contributed by atoms with van der Waals surface area (Å²) >= 11 is 0. The molecule has 37 heteroatoms. The van der Waals surface area contributed by atoms with Crippen LogP contribution in [-0.2, 0) is 51.2 Å². The lowest BCUT2D eigenvalue weighted by molar-refractivity contribution is -0.174. The molecule has 1 aliphatic carbocycles. The van der Waals surface area contributed by atoms with E-state index in [1.54, 1.807) is 19.1 Å². The number of nitrogen functional groups attached to an aromatic ring is 2. The molecular formula is C41H45N10O21P3S3. The van der Waals surface area contributed by atoms with Crippen LogP contribution in [0.3, 0.4) is 0 Å². The minimum absolute atomic E-state index is 0.00233. The number of anilines is 2. The van der Waals surface area contributed by atoms with Crippen molar-refractivity contribution < 1.29 is 92.8 Å². The van der Waals surface area contributed by atoms with Crippen molar-refractivity contribution in [1.82, 2.24) is 20.2 Å². The molecule has 418 valence electrons. The Morgan fingerprint density at radius 3 is 2.45 bits per heavy atom. The topological polar surface area (TPSA) is 501 Å². The molecule has 3 heterocycles. The highest BCUT2D eigenvalue weighted by atomic mass is 33.1. The van der Waals surface area contributed by atoms with Gasteiger partial charge in [0.05, 0.1) is 35.7 Å². The highest BCUT2D eigenvalue weighted by Crippen LogP contribution is 2.66. The van der Waals surface area contributed by atoms with E-state index in [2.05, 4.69) is 46.1 Å². The Hall–Kier alpha value is -6.17. The number of hydrogen-bond donors (Lipinski definition) is 11. The minimum atomic E-state index is -5.85. The number of aryl methyl sites for hydroxylation is 1. The van der Waals surface area contributed by atoms with E-state index in [-0.39, 0.29) is 88.7 Å². The molecule has 0 radical (unpaired) electrons. The Labute approximate surface area is 447 Å². The number of rotatable bonds is 23. The number of ether oxygens (including phenoxy) is 2. The van der Waals surface area contributed by atoms with Gasteiger partial charge in [0.25, 0.3) is 16.0 Å². The number of carbonyl (C=O) groups excluding carboxylic acids is 2. The highest BCUT2D eigenvalue weighted by Gasteiger charge is 2.43. The maximum Gasteiger partial charge on any atom is 0.490 e. The van der Waals surface area contributed by atoms with Crippen LogP contribution in [0.2, 0.25) is 0 Å². The molecule has 1 saturated heterocycles. The molecule has 31 nitrogen and oxygen atoms in total. The summed E-state index contributed by atoms with van der Waals surface area (Å²) in [5.74, 6) is 3.06. The predicted molar refractivity (Wildman–Crippen MR) is 277 cm³/mol. The number of azide groups is 1. The van der Waals surface area contributed by atoms with E-state index in [4.69, 9.17) is 50.6 Å². The van der Waals surface area contributed by atoms with Crippen molar-refractivity contribution in [1.29, 1.82) is 5.41 Å². The standard InChI is InChI=1S/C41H45N10O21P3S3/c1-21-28(42)8-6-25-34(26-7-9-29(43)37(78(64,65)66)36(26)70-35(21)25)27-17-22(4-5-24(27)40(54)55)39(53)47-14-16-77-76-15-12-32(52)46-13-2-3-23-18-51(41(56)49-38(23)44)33-11-10-30(67-20-48-50-45)31(69-33)19-68-74(60,61)72-75(62,63)71-73(57,58)59/h4-9,17-18,30-31,33,43H,10-16,19-20,42H2,1H3,(H,46,52)(H,47,53)(H,54,55)(H,60,61)(H,62,63)(H2,44,49,56)(H2,57,58,59)(H,64,65,66)/t30?,31-,33-/m1/s1. The molecule has 5 atom stereocenters. The number of carboxylic acid groups (broad SMARTS) is 1. The van der Waals surface area contributed by atoms with Gasteiger partial charge in [0.15, 0.2) is 10.7 Å². The van der Waals surface area contributed by atoms with Gasteiger partial charge in [-0.25, -0.2) is 23.3 Å². The maximum absolute atomic E-state index is 13.4. The monoisotopic (exact) mass is 1200 g/mol. The lowest BCUT2D eigenvalue weighted by atomic mass is 9.88. The lowest BCUT2D eigenvalue weighted by Crippen LogP contribution is -2.44. The van der Waals surface area contributed by atoms with Crippen molar-refractivity contribution in [3.05, 3.63) is 97.2 Å². The Morgan fingerprint density at radius 2 is 1.76 bits per heavy atom. The smallest absolute Gasteiger partial charge is 0.478 e. The molecule has 1 fully saturated rings. The van der Waals surface area contributed by atoms with Crippen LogP contribution in [0.4, 0.5) is 11.5 Å². The Balaban J connectivity index is 1.01. The first-order chi connectivity index (χ1) is 36.6. The summed E-state index contributed by atoms with van der Waals surface area (Å²) in [6.07, 6.45) is -2.35. The van der Waals surface area contributed by atoms with Crippen LogP contribution in [0.25, 0.3) is 43.9 Å². The van der Waals surface area contributed by atoms with Gasteiger partial charge in [-0.1, -0.05) is 38.5 Å². The van der Waals surface area contributed by atoms with Crippen LogP contribution in [-0.4, -0.2) is 115 Å². The third-order valence-corrected chi connectivity index (χ3v) is 18.0. The summed E-state index contributed by atoms with van der Waals surface area (Å²) in [5, 5.41) is 26.8. The summed E-state index contributed by atoms with van der Waals surface area (Å²) in [5.41, 5.74) is 20.4. The minimum Gasteiger partial charge on any atom is -0.478 e. The summed E-state index contributed by atoms with van der Waals surface area (Å²) in [4.78, 5) is 94.0. The fourth-order valence-electron chi connectivity index (χ4n) is 7.50. The molecule has 6 rings (SSSR count). The average molecular weight is 1200 g/mol. The largest absolute Gasteiger partial charge is 0.490 e. The summed E-state index contributed by atoms with van der Waals surface area (Å²) < 4.78 is 101. The van der Waals surface area contributed by atoms with Crippen molar-refractivity contribution in [2.75, 3.05) is 49.4 Å². The van der Waals surface area contributed by atoms with Gasteiger partial charge in [0.1, 0.15) is 30.5 Å². The van der Waals surface area contributed by atoms with E-state index in [1.165, 1.54) is 52.1 Å². The molecule has 0 bridgehead atoms. The Kier molecular flexibility index (Phi) is 20.1. The normalized spacial score (nSPS) is 17.2. The first kappa shape index (κ1) is 61.0. The number of nitrogens with two attached hydrogens (primary N) is 2. The fourth-order valence-corrected chi connectivity index (χ4v) is 13.2. The third kappa shape index (κ3) is 16.0. The van der Waals surface area contributed by atoms with E-state index in [1.807, 2.05) is 0 Å². The highest BCUT2D eigenvalue weighted by molar-refractivity contribution is 8.76. The second kappa shape index (κ2) is 25.7. The van der Waals surface area contributed by atoms with Gasteiger partial charge in [-0.05, 0) is 73.3 Å². The van der Waals surface area contributed by atoms with Gasteiger partial charge in [-0.2, -0.15) is 22.0 Å². The van der Waals surface area contributed by atoms with Crippen LogP contribution in [0.1, 0.15) is 57.3 Å². The number of aromatic nitrogens is 2. The Morgan fingerprint density at radius 1 is 1.03 bits per heavy atom. The number of carbonyl (C=O) groups is 3. The second-order valence-electron chi connectivity index (χ2n) is 16.1. The first-order valence-corrected chi connectivity index (χ1v) is 30.5. The van der Waals surface area contributed by atoms with Crippen LogP contribution in [0, 0.1) is 24.2 Å². The van der Waals surface area contributed by atoms with Crippen molar-refractivity contribution in [2.24, 2.45) is 5.11 Å². The molecule has 2 aromatic carbocycles. The SMILES string of the molecule is Cc1c(N)ccc2c(-c3cc(C(=O)NCCSSCCC(=O)NCC#Cc4cn([C@H]5CCC(OCN=[N+]=[N-])[C@@H](COP(=O)(O)OP(=O)(O)OP(=O)(O)O)O5)c(=O)nc4N)ccc3C(=O)O)c3ccc(=N)c(S(=O)(=O)O)c-3oc12. The molecular weight excluding hydrogens is 1160 g/mol. The fraction of sp³-hybridized carbons (Fsp3) is 0.317. The number of aromatic carboxylic acids is 1. The molecule has 2 amide bonds. The number of amides is 2. The number of carboxylic acids is 1. The van der Waals surface area contributed by atoms with Crippen molar-refractivity contribution in [3.8, 4) is 34.3 Å². The van der Waals surface area contributed by atoms with E-state index < -0.39 is 98.9 Å². The van der Waals surface area contributed by atoms with E-state index in [9.17, 15) is 60.7 Å². The number of hydrogen-bond acceptors (Lipinski definition) is 22. The first-order valence-electron chi connectivity index (χ1n) is 22.0. The zero-order valence-electron chi connectivity index (χ0n) is 40.0. The zero-order valence-corrected chi connectivity index (χ0v) is 45.1. The van der Waals surface area contributed by atoms with Crippen molar-refractivity contribution in [2.45, 2.75) is 49.5 Å². The lowest BCUT2D eigenvalue weighted by Gasteiger charge is -2.36. The molecule has 1 aromatic heterocycles. The molecule has 3 aromatic rings. The van der Waals surface area contributed by atoms with Gasteiger partial charge in [-0.3, -0.25) is 28.6 Å². The Bertz CT molecular complexity index is 3640. The predicted octanol–water partition coefficient (Wildman–Crippen LogP) is 4.00. The van der Waals surface area contributed by atoms with Crippen LogP contribution in [0.5, 0.6) is 0 Å². The van der Waals surface area contributed by atoms with E-state index in [0.29, 0.717) is 22.5 Å². The molecule has 0 spiro atoms. The summed E-state index contributed by atoms with van der Waals surface area (Å²) in [6, 6.07) is 9.38. The van der Waals surface area contributed by atoms with Gasteiger partial charge in [0.2, 0.25) is 5.91 Å². The molecule has 3 unspecified atom stereocenters. The number of fused-ring (bicyclic) bond motifs is 2. The van der Waals surface area contributed by atoms with Gasteiger partial charge >= 0.3 is 35.1 Å². The number of phosphoric ester groups is 1. The number of benzene rings is 3. The van der Waals surface area contributed by atoms with Crippen LogP contribution in [0.15, 0.2) is 67.9 Å². The van der Waals surface area contributed by atoms with Gasteiger partial charge < -0.3 is 60.7 Å². The number of nitrogens with zero attached hydrogens (tertiary/aromatic N) is 5. The molecule has 13 N–H and O–H groups in total. The van der Waals surface area contributed by atoms with Crippen molar-refractivity contribution >= 4 is 95.4 Å². The number of phosphoric acid groups is 3. The van der Waals surface area contributed by atoms with Crippen LogP contribution >= 0.6 is 45.1 Å². The van der Waals surface area contributed by atoms with Crippen LogP contribution < -0.4 is 33.1 Å². The second-order valence-corrected chi connectivity index (χ2v) is 24.6. The molecule has 78 heavy (non-hydrogen) atoms. The zero-order chi connectivity index (χ0) is 57.3. The molecule has 2 aliphatic heterocycles. The number of nitrogens with one attached hydrogen (secondary N) is 3. The maximum atomic E-state index is 13.4.